The minimum Gasteiger partial charge on any atom is -0.329 e. The van der Waals surface area contributed by atoms with Crippen LogP contribution < -0.4 is 5.73 Å². The van der Waals surface area contributed by atoms with E-state index in [-0.39, 0.29) is 17.0 Å². The molecule has 23 heavy (non-hydrogen) atoms. The fourth-order valence-corrected chi connectivity index (χ4v) is 3.83. The van der Waals surface area contributed by atoms with Crippen molar-refractivity contribution in [3.63, 3.8) is 0 Å². The predicted octanol–water partition coefficient (Wildman–Crippen LogP) is 3.49. The average molecular weight is 343 g/mol. The van der Waals surface area contributed by atoms with Gasteiger partial charge in [-0.3, -0.25) is 0 Å². The van der Waals surface area contributed by atoms with E-state index >= 15 is 0 Å². The Kier molecular flexibility index (Phi) is 4.81. The summed E-state index contributed by atoms with van der Waals surface area (Å²) in [6.07, 6.45) is -4.47. The number of halogens is 3. The Morgan fingerprint density at radius 1 is 1.00 bits per heavy atom. The summed E-state index contributed by atoms with van der Waals surface area (Å²) in [6, 6.07) is 10.3. The van der Waals surface area contributed by atoms with Crippen molar-refractivity contribution in [1.29, 1.82) is 0 Å². The van der Waals surface area contributed by atoms with Gasteiger partial charge >= 0.3 is 6.18 Å². The third-order valence-electron chi connectivity index (χ3n) is 3.55. The standard InChI is InChI=1S/C16H16F3NO2S/c1-11-2-8-14(9-3-11)23(21,22)15(10-20)12-4-6-13(7-5-12)16(17,18)19/h2-9,15H,10,20H2,1H3/t15-/m1/s1. The van der Waals surface area contributed by atoms with Gasteiger partial charge in [-0.2, -0.15) is 13.2 Å². The molecule has 0 heterocycles. The molecule has 0 unspecified atom stereocenters. The summed E-state index contributed by atoms with van der Waals surface area (Å²) in [5.41, 5.74) is 5.89. The second-order valence-electron chi connectivity index (χ2n) is 5.20. The lowest BCUT2D eigenvalue weighted by Gasteiger charge is -2.17. The van der Waals surface area contributed by atoms with E-state index in [0.717, 1.165) is 29.8 Å². The number of alkyl halides is 3. The molecule has 0 saturated carbocycles. The fraction of sp³-hybridized carbons (Fsp3) is 0.250. The number of benzene rings is 2. The highest BCUT2D eigenvalue weighted by Gasteiger charge is 2.32. The number of aryl methyl sites for hydroxylation is 1. The first-order valence-electron chi connectivity index (χ1n) is 6.84. The quantitative estimate of drug-likeness (QED) is 0.924. The number of sulfone groups is 1. The first kappa shape index (κ1) is 17.5. The summed E-state index contributed by atoms with van der Waals surface area (Å²) in [5.74, 6) is 0. The maximum absolute atomic E-state index is 12.7. The summed E-state index contributed by atoms with van der Waals surface area (Å²) in [7, 11) is -3.78. The Balaban J connectivity index is 2.41. The van der Waals surface area contributed by atoms with Crippen LogP contribution in [0.15, 0.2) is 53.4 Å². The maximum Gasteiger partial charge on any atom is 0.416 e. The topological polar surface area (TPSA) is 60.2 Å². The van der Waals surface area contributed by atoms with Gasteiger partial charge in [0, 0.05) is 6.54 Å². The first-order valence-corrected chi connectivity index (χ1v) is 8.38. The molecule has 0 aliphatic heterocycles. The van der Waals surface area contributed by atoms with Crippen LogP contribution in [0.25, 0.3) is 0 Å². The molecule has 0 bridgehead atoms. The summed E-state index contributed by atoms with van der Waals surface area (Å²) in [4.78, 5) is 0.0958. The van der Waals surface area contributed by atoms with Crippen molar-refractivity contribution >= 4 is 9.84 Å². The lowest BCUT2D eigenvalue weighted by atomic mass is 10.1. The number of nitrogens with two attached hydrogens (primary N) is 1. The van der Waals surface area contributed by atoms with Crippen molar-refractivity contribution in [2.24, 2.45) is 5.73 Å². The van der Waals surface area contributed by atoms with Crippen LogP contribution in [0.5, 0.6) is 0 Å². The maximum atomic E-state index is 12.7. The normalized spacial score (nSPS) is 13.8. The Hall–Kier alpha value is -1.86. The second-order valence-corrected chi connectivity index (χ2v) is 7.33. The molecule has 0 aliphatic rings. The molecule has 2 N–H and O–H groups in total. The van der Waals surface area contributed by atoms with E-state index in [9.17, 15) is 21.6 Å². The molecule has 0 fully saturated rings. The highest BCUT2D eigenvalue weighted by Crippen LogP contribution is 2.32. The van der Waals surface area contributed by atoms with Crippen LogP contribution in [0.3, 0.4) is 0 Å². The molecular formula is C16H16F3NO2S. The van der Waals surface area contributed by atoms with Gasteiger partial charge in [0.1, 0.15) is 5.25 Å². The van der Waals surface area contributed by atoms with Crippen LogP contribution in [0.1, 0.15) is 21.9 Å². The van der Waals surface area contributed by atoms with Gasteiger partial charge in [0.05, 0.1) is 10.5 Å². The molecule has 2 aromatic carbocycles. The van der Waals surface area contributed by atoms with Gasteiger partial charge in [-0.15, -0.1) is 0 Å². The molecule has 7 heteroatoms. The highest BCUT2D eigenvalue weighted by molar-refractivity contribution is 7.91. The summed E-state index contributed by atoms with van der Waals surface area (Å²) in [6.45, 7) is 1.61. The molecule has 0 radical (unpaired) electrons. The monoisotopic (exact) mass is 343 g/mol. The zero-order valence-electron chi connectivity index (χ0n) is 12.3. The first-order chi connectivity index (χ1) is 10.7. The zero-order valence-corrected chi connectivity index (χ0v) is 13.2. The SMILES string of the molecule is Cc1ccc(S(=O)(=O)[C@H](CN)c2ccc(C(F)(F)F)cc2)cc1. The minimum atomic E-state index is -4.47. The predicted molar refractivity (Wildman–Crippen MR) is 81.6 cm³/mol. The summed E-state index contributed by atoms with van der Waals surface area (Å²) < 4.78 is 63.1. The Bertz CT molecular complexity index is 766. The van der Waals surface area contributed by atoms with Gasteiger partial charge in [0.15, 0.2) is 9.84 Å². The molecule has 124 valence electrons. The Morgan fingerprint density at radius 3 is 1.96 bits per heavy atom. The molecule has 2 rings (SSSR count). The van der Waals surface area contributed by atoms with Crippen LogP contribution in [0, 0.1) is 6.92 Å². The lowest BCUT2D eigenvalue weighted by Crippen LogP contribution is -2.22. The van der Waals surface area contributed by atoms with Gasteiger partial charge in [-0.05, 0) is 36.8 Å². The van der Waals surface area contributed by atoms with Crippen molar-refractivity contribution < 1.29 is 21.6 Å². The van der Waals surface area contributed by atoms with E-state index in [1.807, 2.05) is 6.92 Å². The number of rotatable bonds is 4. The van der Waals surface area contributed by atoms with Crippen LogP contribution in [-0.2, 0) is 16.0 Å². The van der Waals surface area contributed by atoms with Crippen molar-refractivity contribution in [2.75, 3.05) is 6.54 Å². The van der Waals surface area contributed by atoms with E-state index in [1.54, 1.807) is 12.1 Å². The zero-order chi connectivity index (χ0) is 17.3. The number of hydrogen-bond donors (Lipinski definition) is 1. The van der Waals surface area contributed by atoms with Crippen LogP contribution >= 0.6 is 0 Å². The van der Waals surface area contributed by atoms with E-state index in [0.29, 0.717) is 0 Å². The Morgan fingerprint density at radius 2 is 1.52 bits per heavy atom. The summed E-state index contributed by atoms with van der Waals surface area (Å²) >= 11 is 0. The minimum absolute atomic E-state index is 0.0958. The fourth-order valence-electron chi connectivity index (χ4n) is 2.22. The van der Waals surface area contributed by atoms with Crippen molar-refractivity contribution in [3.05, 3.63) is 65.2 Å². The summed E-state index contributed by atoms with van der Waals surface area (Å²) in [5, 5.41) is -1.09. The van der Waals surface area contributed by atoms with Crippen LogP contribution in [-0.4, -0.2) is 15.0 Å². The lowest BCUT2D eigenvalue weighted by molar-refractivity contribution is -0.137. The second kappa shape index (κ2) is 6.33. The number of hydrogen-bond acceptors (Lipinski definition) is 3. The van der Waals surface area contributed by atoms with Crippen LogP contribution in [0.2, 0.25) is 0 Å². The largest absolute Gasteiger partial charge is 0.416 e. The molecule has 2 aromatic rings. The highest BCUT2D eigenvalue weighted by atomic mass is 32.2. The molecule has 0 saturated heterocycles. The van der Waals surface area contributed by atoms with Crippen molar-refractivity contribution in [2.45, 2.75) is 23.2 Å². The molecule has 0 aliphatic carbocycles. The van der Waals surface area contributed by atoms with Gasteiger partial charge < -0.3 is 5.73 Å². The molecule has 0 spiro atoms. The van der Waals surface area contributed by atoms with Gasteiger partial charge in [0.25, 0.3) is 0 Å². The van der Waals surface area contributed by atoms with Gasteiger partial charge in [-0.25, -0.2) is 8.42 Å². The van der Waals surface area contributed by atoms with Crippen molar-refractivity contribution in [1.82, 2.24) is 0 Å². The van der Waals surface area contributed by atoms with Gasteiger partial charge in [-0.1, -0.05) is 29.8 Å². The molecule has 1 atom stereocenters. The van der Waals surface area contributed by atoms with Crippen LogP contribution in [0.4, 0.5) is 13.2 Å². The third-order valence-corrected chi connectivity index (χ3v) is 5.69. The van der Waals surface area contributed by atoms with Crippen molar-refractivity contribution in [3.8, 4) is 0 Å². The molecule has 3 nitrogen and oxygen atoms in total. The van der Waals surface area contributed by atoms with E-state index in [4.69, 9.17) is 5.73 Å². The third kappa shape index (κ3) is 3.73. The smallest absolute Gasteiger partial charge is 0.329 e. The molecular weight excluding hydrogens is 327 g/mol. The Labute approximate surface area is 132 Å². The van der Waals surface area contributed by atoms with E-state index in [1.165, 1.54) is 12.1 Å². The average Bonchev–Trinajstić information content (AvgIpc) is 2.48. The van der Waals surface area contributed by atoms with Gasteiger partial charge in [0.2, 0.25) is 0 Å². The molecule has 0 aromatic heterocycles. The van der Waals surface area contributed by atoms with E-state index < -0.39 is 26.8 Å². The van der Waals surface area contributed by atoms with E-state index in [2.05, 4.69) is 0 Å². The molecule has 0 amide bonds.